The number of esters is 1. The van der Waals surface area contributed by atoms with E-state index in [-0.39, 0.29) is 11.8 Å². The third kappa shape index (κ3) is 6.51. The van der Waals surface area contributed by atoms with Gasteiger partial charge in [0.05, 0.1) is 6.61 Å². The van der Waals surface area contributed by atoms with E-state index in [0.29, 0.717) is 5.70 Å². The number of carbonyl (C=O) groups is 1. The van der Waals surface area contributed by atoms with Gasteiger partial charge in [0.25, 0.3) is 0 Å². The highest BCUT2D eigenvalue weighted by atomic mass is 35.5. The van der Waals surface area contributed by atoms with Gasteiger partial charge in [-0.3, -0.25) is 5.43 Å². The van der Waals surface area contributed by atoms with Crippen LogP contribution in [0.1, 0.15) is 6.92 Å². The van der Waals surface area contributed by atoms with Crippen LogP contribution in [-0.2, 0) is 9.53 Å². The zero-order chi connectivity index (χ0) is 11.7. The van der Waals surface area contributed by atoms with Crippen LogP contribution in [0.4, 0.5) is 0 Å². The van der Waals surface area contributed by atoms with E-state index in [9.17, 15) is 4.79 Å². The molecule has 82 valence electrons. The largest absolute Gasteiger partial charge is 0.461 e. The van der Waals surface area contributed by atoms with Gasteiger partial charge in [-0.2, -0.15) is 5.10 Å². The maximum absolute atomic E-state index is 11.0. The van der Waals surface area contributed by atoms with Gasteiger partial charge in [-0.1, -0.05) is 36.9 Å². The average Bonchev–Trinajstić information content (AvgIpc) is 2.23. The normalized spacial score (nSPS) is 11.2. The van der Waals surface area contributed by atoms with E-state index in [1.165, 1.54) is 0 Å². The second-order valence-electron chi connectivity index (χ2n) is 2.35. The molecule has 15 heavy (non-hydrogen) atoms. The van der Waals surface area contributed by atoms with Crippen molar-refractivity contribution in [3.63, 3.8) is 0 Å². The van der Waals surface area contributed by atoms with E-state index in [1.54, 1.807) is 25.2 Å². The van der Waals surface area contributed by atoms with Crippen LogP contribution in [0.3, 0.4) is 0 Å². The fraction of sp³-hybridized carbons (Fsp3) is 0.200. The van der Waals surface area contributed by atoms with E-state index < -0.39 is 5.97 Å². The van der Waals surface area contributed by atoms with Crippen LogP contribution in [0.15, 0.2) is 42.2 Å². The molecule has 0 aromatic heterocycles. The van der Waals surface area contributed by atoms with Gasteiger partial charge in [0.15, 0.2) is 0 Å². The number of hydrazone groups is 1. The molecule has 0 rings (SSSR count). The molecule has 0 radical (unpaired) electrons. The number of nitrogens with one attached hydrogen (secondary N) is 1. The molecule has 0 aliphatic heterocycles. The van der Waals surface area contributed by atoms with Crippen LogP contribution in [0.5, 0.6) is 0 Å². The molecule has 0 saturated heterocycles. The number of carbonyl (C=O) groups excluding carboxylic acids is 1. The number of ether oxygens (including phenoxy) is 1. The van der Waals surface area contributed by atoms with Crippen LogP contribution >= 0.6 is 11.6 Å². The SMILES string of the molecule is C=C/C=C\C(=C)N/N=C(\Cl)C(=O)OCC. The lowest BCUT2D eigenvalue weighted by atomic mass is 10.4. The summed E-state index contributed by atoms with van der Waals surface area (Å²) in [6.07, 6.45) is 4.89. The summed E-state index contributed by atoms with van der Waals surface area (Å²) in [6, 6.07) is 0. The van der Waals surface area contributed by atoms with Crippen molar-refractivity contribution in [3.05, 3.63) is 37.1 Å². The Morgan fingerprint density at radius 1 is 1.67 bits per heavy atom. The van der Waals surface area contributed by atoms with Crippen molar-refractivity contribution in [3.8, 4) is 0 Å². The number of rotatable bonds is 6. The molecular weight excluding hydrogens is 216 g/mol. The van der Waals surface area contributed by atoms with Crippen molar-refractivity contribution in [2.45, 2.75) is 6.92 Å². The van der Waals surface area contributed by atoms with Crippen LogP contribution in [0.25, 0.3) is 0 Å². The van der Waals surface area contributed by atoms with Crippen molar-refractivity contribution in [2.75, 3.05) is 6.61 Å². The summed E-state index contributed by atoms with van der Waals surface area (Å²) in [6.45, 7) is 9.03. The minimum atomic E-state index is -0.674. The Morgan fingerprint density at radius 2 is 2.33 bits per heavy atom. The van der Waals surface area contributed by atoms with Gasteiger partial charge < -0.3 is 4.74 Å². The Bertz CT molecular complexity index is 309. The minimum Gasteiger partial charge on any atom is -0.461 e. The quantitative estimate of drug-likeness (QED) is 0.327. The molecule has 4 nitrogen and oxygen atoms in total. The molecule has 0 unspecified atom stereocenters. The molecule has 0 aliphatic rings. The molecule has 0 aliphatic carbocycles. The highest BCUT2D eigenvalue weighted by molar-refractivity contribution is 6.81. The predicted molar refractivity (Wildman–Crippen MR) is 61.5 cm³/mol. The lowest BCUT2D eigenvalue weighted by Gasteiger charge is -2.00. The van der Waals surface area contributed by atoms with E-state index in [1.807, 2.05) is 0 Å². The fourth-order valence-electron chi connectivity index (χ4n) is 0.579. The van der Waals surface area contributed by atoms with Crippen LogP contribution in [0, 0.1) is 0 Å². The summed E-state index contributed by atoms with van der Waals surface area (Å²) < 4.78 is 4.61. The summed E-state index contributed by atoms with van der Waals surface area (Å²) >= 11 is 5.52. The first kappa shape index (κ1) is 13.4. The Labute approximate surface area is 93.9 Å². The first-order chi connectivity index (χ1) is 7.11. The fourth-order valence-corrected chi connectivity index (χ4v) is 0.675. The molecule has 0 bridgehead atoms. The maximum Gasteiger partial charge on any atom is 0.370 e. The lowest BCUT2D eigenvalue weighted by molar-refractivity contribution is -0.134. The zero-order valence-electron chi connectivity index (χ0n) is 8.50. The summed E-state index contributed by atoms with van der Waals surface area (Å²) in [5.41, 5.74) is 2.97. The van der Waals surface area contributed by atoms with Crippen molar-refractivity contribution in [1.82, 2.24) is 5.43 Å². The van der Waals surface area contributed by atoms with Crippen molar-refractivity contribution in [2.24, 2.45) is 5.10 Å². The third-order valence-electron chi connectivity index (χ3n) is 1.18. The Morgan fingerprint density at radius 3 is 2.87 bits per heavy atom. The highest BCUT2D eigenvalue weighted by Crippen LogP contribution is 1.93. The zero-order valence-corrected chi connectivity index (χ0v) is 9.25. The van der Waals surface area contributed by atoms with Gasteiger partial charge in [-0.25, -0.2) is 4.79 Å². The number of halogens is 1. The van der Waals surface area contributed by atoms with Crippen molar-refractivity contribution < 1.29 is 9.53 Å². The molecule has 0 aromatic carbocycles. The second kappa shape index (κ2) is 7.82. The molecule has 5 heteroatoms. The molecule has 0 saturated carbocycles. The summed E-state index contributed by atoms with van der Waals surface area (Å²) in [4.78, 5) is 11.0. The summed E-state index contributed by atoms with van der Waals surface area (Å²) in [7, 11) is 0. The molecule has 0 fully saturated rings. The van der Waals surface area contributed by atoms with Gasteiger partial charge in [-0.15, -0.1) is 0 Å². The monoisotopic (exact) mass is 228 g/mol. The van der Waals surface area contributed by atoms with E-state index in [0.717, 1.165) is 0 Å². The van der Waals surface area contributed by atoms with Gasteiger partial charge in [0.2, 0.25) is 5.17 Å². The molecule has 0 amide bonds. The molecule has 0 atom stereocenters. The average molecular weight is 229 g/mol. The number of allylic oxidation sites excluding steroid dienone is 3. The van der Waals surface area contributed by atoms with Gasteiger partial charge in [0.1, 0.15) is 0 Å². The van der Waals surface area contributed by atoms with E-state index in [4.69, 9.17) is 11.6 Å². The predicted octanol–water partition coefficient (Wildman–Crippen LogP) is 1.95. The van der Waals surface area contributed by atoms with Gasteiger partial charge in [0, 0.05) is 5.70 Å². The Kier molecular flexibility index (Phi) is 7.01. The number of hydrogen-bond acceptors (Lipinski definition) is 4. The summed E-state index contributed by atoms with van der Waals surface area (Å²) in [5, 5.41) is 3.29. The Balaban J connectivity index is 4.15. The van der Waals surface area contributed by atoms with Gasteiger partial charge >= 0.3 is 5.97 Å². The third-order valence-corrected chi connectivity index (χ3v) is 1.41. The Hall–Kier alpha value is -1.55. The molecule has 0 aromatic rings. The standard InChI is InChI=1S/C10H13ClN2O2/c1-4-6-7-8(3)12-13-9(11)10(14)15-5-2/h4,6-7,12H,1,3,5H2,2H3/b7-6-,13-9-. The number of nitrogens with zero attached hydrogens (tertiary/aromatic N) is 1. The second-order valence-corrected chi connectivity index (χ2v) is 2.71. The van der Waals surface area contributed by atoms with Crippen LogP contribution in [-0.4, -0.2) is 17.7 Å². The summed E-state index contributed by atoms with van der Waals surface area (Å²) in [5.74, 6) is -0.674. The smallest absolute Gasteiger partial charge is 0.370 e. The number of hydrogen-bond donors (Lipinski definition) is 1. The van der Waals surface area contributed by atoms with Gasteiger partial charge in [-0.05, 0) is 13.0 Å². The van der Waals surface area contributed by atoms with E-state index >= 15 is 0 Å². The van der Waals surface area contributed by atoms with E-state index in [2.05, 4.69) is 28.4 Å². The maximum atomic E-state index is 11.0. The molecule has 0 spiro atoms. The molecular formula is C10H13ClN2O2. The molecule has 0 heterocycles. The van der Waals surface area contributed by atoms with Crippen LogP contribution < -0.4 is 5.43 Å². The minimum absolute atomic E-state index is 0.252. The topological polar surface area (TPSA) is 50.7 Å². The lowest BCUT2D eigenvalue weighted by Crippen LogP contribution is -2.15. The first-order valence-corrected chi connectivity index (χ1v) is 4.64. The molecule has 1 N–H and O–H groups in total. The highest BCUT2D eigenvalue weighted by Gasteiger charge is 2.08. The van der Waals surface area contributed by atoms with Crippen LogP contribution in [0.2, 0.25) is 0 Å². The van der Waals surface area contributed by atoms with Crippen molar-refractivity contribution >= 4 is 22.7 Å². The first-order valence-electron chi connectivity index (χ1n) is 4.26. The van der Waals surface area contributed by atoms with Crippen molar-refractivity contribution in [1.29, 1.82) is 0 Å².